The molecule has 1 atom stereocenters. The maximum Gasteiger partial charge on any atom is 0.397 e. The van der Waals surface area contributed by atoms with Gasteiger partial charge >= 0.3 is 6.18 Å². The average Bonchev–Trinajstić information content (AvgIpc) is 2.25. The second kappa shape index (κ2) is 5.27. The number of aromatic hydroxyl groups is 1. The van der Waals surface area contributed by atoms with Crippen LogP contribution >= 0.6 is 0 Å². The summed E-state index contributed by atoms with van der Waals surface area (Å²) in [5, 5.41) is 12.2. The molecule has 17 heavy (non-hydrogen) atoms. The van der Waals surface area contributed by atoms with Gasteiger partial charge in [0, 0.05) is 12.1 Å². The van der Waals surface area contributed by atoms with Gasteiger partial charge in [0.05, 0.1) is 13.0 Å². The number of alkyl halides is 3. The highest BCUT2D eigenvalue weighted by Crippen LogP contribution is 2.41. The number of likely N-dealkylation sites (N-methyl/N-ethyl adjacent to an activating group) is 1. The first-order valence-electron chi connectivity index (χ1n) is 4.99. The van der Waals surface area contributed by atoms with Crippen LogP contribution in [0.25, 0.3) is 0 Å². The number of ether oxygens (including phenoxy) is 1. The first-order chi connectivity index (χ1) is 7.91. The molecule has 1 aromatic carbocycles. The van der Waals surface area contributed by atoms with E-state index in [1.165, 1.54) is 32.4 Å². The monoisotopic (exact) mass is 249 g/mol. The lowest BCUT2D eigenvalue weighted by Gasteiger charge is -2.21. The number of benzene rings is 1. The topological polar surface area (TPSA) is 41.5 Å². The van der Waals surface area contributed by atoms with Crippen molar-refractivity contribution in [3.8, 4) is 11.5 Å². The Labute approximate surface area is 97.2 Å². The van der Waals surface area contributed by atoms with Gasteiger partial charge in [0.15, 0.2) is 11.5 Å². The molecule has 1 aromatic rings. The Morgan fingerprint density at radius 3 is 2.53 bits per heavy atom. The number of halogens is 3. The first kappa shape index (κ1) is 13.6. The van der Waals surface area contributed by atoms with E-state index >= 15 is 0 Å². The molecule has 0 aliphatic heterocycles. The normalized spacial score (nSPS) is 13.5. The highest BCUT2D eigenvalue weighted by atomic mass is 19.4. The van der Waals surface area contributed by atoms with Crippen molar-refractivity contribution in [2.24, 2.45) is 0 Å². The predicted molar refractivity (Wildman–Crippen MR) is 57.4 cm³/mol. The Hall–Kier alpha value is -1.43. The van der Waals surface area contributed by atoms with Gasteiger partial charge in [0.25, 0.3) is 0 Å². The summed E-state index contributed by atoms with van der Waals surface area (Å²) < 4.78 is 43.2. The van der Waals surface area contributed by atoms with Gasteiger partial charge in [-0.25, -0.2) is 0 Å². The zero-order chi connectivity index (χ0) is 13.1. The molecule has 0 heterocycles. The van der Waals surface area contributed by atoms with Crippen LogP contribution in [0, 0.1) is 0 Å². The summed E-state index contributed by atoms with van der Waals surface area (Å²) in [6, 6.07) is 4.07. The smallest absolute Gasteiger partial charge is 0.397 e. The van der Waals surface area contributed by atoms with Gasteiger partial charge in [-0.15, -0.1) is 0 Å². The van der Waals surface area contributed by atoms with E-state index in [-0.39, 0.29) is 17.9 Å². The lowest BCUT2D eigenvalue weighted by Crippen LogP contribution is -2.30. The summed E-state index contributed by atoms with van der Waals surface area (Å²) >= 11 is 0. The molecule has 6 heteroatoms. The van der Waals surface area contributed by atoms with Gasteiger partial charge in [-0.3, -0.25) is 0 Å². The largest absolute Gasteiger partial charge is 0.504 e. The fourth-order valence-electron chi connectivity index (χ4n) is 1.59. The SMILES string of the molecule is CNCC(c1cccc(OC)c1O)C(F)(F)F. The maximum absolute atomic E-state index is 12.8. The van der Waals surface area contributed by atoms with Crippen molar-refractivity contribution < 1.29 is 23.0 Å². The fourth-order valence-corrected chi connectivity index (χ4v) is 1.59. The second-order valence-electron chi connectivity index (χ2n) is 3.55. The molecule has 3 nitrogen and oxygen atoms in total. The number of nitrogens with one attached hydrogen (secondary N) is 1. The van der Waals surface area contributed by atoms with Crippen LogP contribution in [0.15, 0.2) is 18.2 Å². The fraction of sp³-hybridized carbons (Fsp3) is 0.455. The Morgan fingerprint density at radius 2 is 2.06 bits per heavy atom. The van der Waals surface area contributed by atoms with Gasteiger partial charge in [0.1, 0.15) is 0 Å². The number of para-hydroxylation sites is 1. The molecular formula is C11H14F3NO2. The van der Waals surface area contributed by atoms with Crippen LogP contribution in [0.4, 0.5) is 13.2 Å². The molecule has 0 aliphatic carbocycles. The van der Waals surface area contributed by atoms with Crippen molar-refractivity contribution in [2.75, 3.05) is 20.7 Å². The van der Waals surface area contributed by atoms with Crippen LogP contribution in [0.5, 0.6) is 11.5 Å². The van der Waals surface area contributed by atoms with E-state index < -0.39 is 17.8 Å². The third kappa shape index (κ3) is 3.03. The van der Waals surface area contributed by atoms with Gasteiger partial charge in [-0.1, -0.05) is 12.1 Å². The average molecular weight is 249 g/mol. The van der Waals surface area contributed by atoms with E-state index in [2.05, 4.69) is 5.32 Å². The molecule has 0 saturated heterocycles. The highest BCUT2D eigenvalue weighted by Gasteiger charge is 2.41. The van der Waals surface area contributed by atoms with E-state index in [1.54, 1.807) is 0 Å². The molecule has 96 valence electrons. The number of methoxy groups -OCH3 is 1. The zero-order valence-corrected chi connectivity index (χ0v) is 9.51. The lowest BCUT2D eigenvalue weighted by atomic mass is 9.97. The number of hydrogen-bond donors (Lipinski definition) is 2. The Balaban J connectivity index is 3.19. The molecule has 0 amide bonds. The first-order valence-corrected chi connectivity index (χ1v) is 4.99. The standard InChI is InChI=1S/C11H14F3NO2/c1-15-6-8(11(12,13)14)7-4-3-5-9(17-2)10(7)16/h3-5,8,15-16H,6H2,1-2H3. The van der Waals surface area contributed by atoms with Crippen molar-refractivity contribution >= 4 is 0 Å². The lowest BCUT2D eigenvalue weighted by molar-refractivity contribution is -0.149. The molecule has 0 saturated carbocycles. The number of rotatable bonds is 4. The molecule has 0 aromatic heterocycles. The molecule has 0 radical (unpaired) electrons. The van der Waals surface area contributed by atoms with Crippen LogP contribution in [-0.4, -0.2) is 32.0 Å². The number of hydrogen-bond acceptors (Lipinski definition) is 3. The molecule has 1 rings (SSSR count). The highest BCUT2D eigenvalue weighted by molar-refractivity contribution is 5.47. The Bertz CT molecular complexity index is 379. The summed E-state index contributed by atoms with van der Waals surface area (Å²) in [7, 11) is 2.72. The van der Waals surface area contributed by atoms with Crippen LogP contribution in [0.1, 0.15) is 11.5 Å². The minimum Gasteiger partial charge on any atom is -0.504 e. The predicted octanol–water partition coefficient (Wildman–Crippen LogP) is 2.27. The molecule has 0 aliphatic rings. The summed E-state index contributed by atoms with van der Waals surface area (Å²) in [4.78, 5) is 0. The van der Waals surface area contributed by atoms with E-state index in [1.807, 2.05) is 0 Å². The molecule has 0 fully saturated rings. The van der Waals surface area contributed by atoms with Crippen molar-refractivity contribution in [1.82, 2.24) is 5.32 Å². The van der Waals surface area contributed by atoms with Gasteiger partial charge in [0.2, 0.25) is 0 Å². The zero-order valence-electron chi connectivity index (χ0n) is 9.51. The third-order valence-corrected chi connectivity index (χ3v) is 2.43. The quantitative estimate of drug-likeness (QED) is 0.860. The van der Waals surface area contributed by atoms with Crippen molar-refractivity contribution in [3.63, 3.8) is 0 Å². The van der Waals surface area contributed by atoms with Crippen LogP contribution in [0.2, 0.25) is 0 Å². The number of phenols is 1. The molecule has 1 unspecified atom stereocenters. The van der Waals surface area contributed by atoms with Gasteiger partial charge in [-0.2, -0.15) is 13.2 Å². The van der Waals surface area contributed by atoms with Crippen molar-refractivity contribution in [2.45, 2.75) is 12.1 Å². The molecule has 0 bridgehead atoms. The summed E-state index contributed by atoms with van der Waals surface area (Å²) in [5.41, 5.74) is -0.189. The summed E-state index contributed by atoms with van der Waals surface area (Å²) in [6.07, 6.45) is -4.42. The van der Waals surface area contributed by atoms with Gasteiger partial charge < -0.3 is 15.2 Å². The minimum atomic E-state index is -4.42. The van der Waals surface area contributed by atoms with E-state index in [0.717, 1.165) is 0 Å². The number of phenolic OH excluding ortho intramolecular Hbond substituents is 1. The van der Waals surface area contributed by atoms with Crippen molar-refractivity contribution in [1.29, 1.82) is 0 Å². The Morgan fingerprint density at radius 1 is 1.41 bits per heavy atom. The minimum absolute atomic E-state index is 0.0350. The molecule has 2 N–H and O–H groups in total. The van der Waals surface area contributed by atoms with Crippen molar-refractivity contribution in [3.05, 3.63) is 23.8 Å². The summed E-state index contributed by atoms with van der Waals surface area (Å²) in [6.45, 7) is -0.301. The van der Waals surface area contributed by atoms with E-state index in [0.29, 0.717) is 0 Å². The molecular weight excluding hydrogens is 235 g/mol. The Kier molecular flexibility index (Phi) is 4.22. The van der Waals surface area contributed by atoms with Crippen LogP contribution in [-0.2, 0) is 0 Å². The molecule has 0 spiro atoms. The van der Waals surface area contributed by atoms with E-state index in [4.69, 9.17) is 4.74 Å². The van der Waals surface area contributed by atoms with Gasteiger partial charge in [-0.05, 0) is 13.1 Å². The van der Waals surface area contributed by atoms with Crippen LogP contribution < -0.4 is 10.1 Å². The second-order valence-corrected chi connectivity index (χ2v) is 3.55. The van der Waals surface area contributed by atoms with E-state index in [9.17, 15) is 18.3 Å². The van der Waals surface area contributed by atoms with Crippen LogP contribution in [0.3, 0.4) is 0 Å². The maximum atomic E-state index is 12.8. The third-order valence-electron chi connectivity index (χ3n) is 2.43. The summed E-state index contributed by atoms with van der Waals surface area (Å²) in [5.74, 6) is -2.19.